The summed E-state index contributed by atoms with van der Waals surface area (Å²) >= 11 is 5.91. The number of hydrogen-bond donors (Lipinski definition) is 1. The van der Waals surface area contributed by atoms with Crippen LogP contribution < -0.4 is 5.32 Å². The summed E-state index contributed by atoms with van der Waals surface area (Å²) in [5, 5.41) is 3.25. The van der Waals surface area contributed by atoms with Gasteiger partial charge in [-0.2, -0.15) is 0 Å². The Morgan fingerprint density at radius 1 is 1.47 bits per heavy atom. The lowest BCUT2D eigenvalue weighted by molar-refractivity contribution is 0.0374. The second-order valence-corrected chi connectivity index (χ2v) is 4.83. The average Bonchev–Trinajstić information content (AvgIpc) is 2.45. The van der Waals surface area contributed by atoms with Gasteiger partial charge in [0, 0.05) is 32.0 Å². The van der Waals surface area contributed by atoms with E-state index in [2.05, 4.69) is 15.2 Å². The van der Waals surface area contributed by atoms with Gasteiger partial charge in [0.2, 0.25) is 0 Å². The monoisotopic (exact) mass is 283 g/mol. The standard InChI is InChI=1S/C13H18ClN3O2/c14-12-10-15-4-2-11(12)13(18)16-3-1-5-17-6-8-19-9-7-17/h2,4,10H,1,3,5-9H2,(H,16,18). The highest BCUT2D eigenvalue weighted by Crippen LogP contribution is 2.12. The first-order valence-electron chi connectivity index (χ1n) is 6.45. The topological polar surface area (TPSA) is 54.5 Å². The molecule has 0 saturated carbocycles. The molecule has 0 aliphatic carbocycles. The second-order valence-electron chi connectivity index (χ2n) is 4.42. The van der Waals surface area contributed by atoms with Crippen molar-refractivity contribution < 1.29 is 9.53 Å². The maximum Gasteiger partial charge on any atom is 0.252 e. The Hall–Kier alpha value is -1.17. The van der Waals surface area contributed by atoms with Gasteiger partial charge in [-0.15, -0.1) is 0 Å². The van der Waals surface area contributed by atoms with Crippen molar-refractivity contribution in [3.05, 3.63) is 29.0 Å². The molecular weight excluding hydrogens is 266 g/mol. The quantitative estimate of drug-likeness (QED) is 0.825. The largest absolute Gasteiger partial charge is 0.379 e. The van der Waals surface area contributed by atoms with Crippen LogP contribution >= 0.6 is 11.6 Å². The van der Waals surface area contributed by atoms with E-state index in [9.17, 15) is 4.79 Å². The van der Waals surface area contributed by atoms with Crippen LogP contribution in [0.25, 0.3) is 0 Å². The number of morpholine rings is 1. The normalized spacial score (nSPS) is 16.3. The Bertz CT molecular complexity index is 422. The van der Waals surface area contributed by atoms with E-state index in [-0.39, 0.29) is 5.91 Å². The van der Waals surface area contributed by atoms with Crippen LogP contribution in [0.2, 0.25) is 5.02 Å². The molecule has 1 N–H and O–H groups in total. The number of nitrogens with zero attached hydrogens (tertiary/aromatic N) is 2. The summed E-state index contributed by atoms with van der Waals surface area (Å²) in [6.45, 7) is 5.19. The number of hydrogen-bond acceptors (Lipinski definition) is 4. The average molecular weight is 284 g/mol. The lowest BCUT2D eigenvalue weighted by atomic mass is 10.2. The number of rotatable bonds is 5. The van der Waals surface area contributed by atoms with Crippen molar-refractivity contribution in [2.75, 3.05) is 39.4 Å². The summed E-state index contributed by atoms with van der Waals surface area (Å²) < 4.78 is 5.28. The Morgan fingerprint density at radius 3 is 3.00 bits per heavy atom. The molecular formula is C13H18ClN3O2. The molecule has 0 radical (unpaired) electrons. The molecule has 1 aliphatic rings. The molecule has 1 saturated heterocycles. The second kappa shape index (κ2) is 7.43. The molecule has 1 aromatic heterocycles. The predicted octanol–water partition coefficient (Wildman–Crippen LogP) is 1.19. The molecule has 104 valence electrons. The lowest BCUT2D eigenvalue weighted by Gasteiger charge is -2.26. The van der Waals surface area contributed by atoms with Gasteiger partial charge < -0.3 is 10.1 Å². The summed E-state index contributed by atoms with van der Waals surface area (Å²) in [6.07, 6.45) is 3.97. The van der Waals surface area contributed by atoms with Gasteiger partial charge >= 0.3 is 0 Å². The number of aromatic nitrogens is 1. The lowest BCUT2D eigenvalue weighted by Crippen LogP contribution is -2.38. The van der Waals surface area contributed by atoms with Crippen LogP contribution in [0.5, 0.6) is 0 Å². The summed E-state index contributed by atoms with van der Waals surface area (Å²) in [4.78, 5) is 18.1. The minimum Gasteiger partial charge on any atom is -0.379 e. The van der Waals surface area contributed by atoms with Gasteiger partial charge in [-0.05, 0) is 19.0 Å². The van der Waals surface area contributed by atoms with Gasteiger partial charge in [0.05, 0.1) is 23.8 Å². The highest BCUT2D eigenvalue weighted by molar-refractivity contribution is 6.33. The van der Waals surface area contributed by atoms with E-state index in [4.69, 9.17) is 16.3 Å². The van der Waals surface area contributed by atoms with Crippen molar-refractivity contribution in [3.8, 4) is 0 Å². The van der Waals surface area contributed by atoms with Gasteiger partial charge in [0.1, 0.15) is 0 Å². The zero-order chi connectivity index (χ0) is 13.5. The number of ether oxygens (including phenoxy) is 1. The third kappa shape index (κ3) is 4.45. The van der Waals surface area contributed by atoms with Crippen LogP contribution in [0.3, 0.4) is 0 Å². The van der Waals surface area contributed by atoms with Crippen molar-refractivity contribution in [1.82, 2.24) is 15.2 Å². The van der Waals surface area contributed by atoms with Crippen LogP contribution in [0.4, 0.5) is 0 Å². The molecule has 2 heterocycles. The van der Waals surface area contributed by atoms with Gasteiger partial charge in [0.25, 0.3) is 5.91 Å². The number of carbonyl (C=O) groups is 1. The Labute approximate surface area is 117 Å². The smallest absolute Gasteiger partial charge is 0.252 e. The minimum atomic E-state index is -0.144. The molecule has 19 heavy (non-hydrogen) atoms. The Morgan fingerprint density at radius 2 is 2.26 bits per heavy atom. The van der Waals surface area contributed by atoms with Crippen molar-refractivity contribution in [1.29, 1.82) is 0 Å². The Kier molecular flexibility index (Phi) is 5.57. The van der Waals surface area contributed by atoms with Crippen LogP contribution in [0.15, 0.2) is 18.5 Å². The van der Waals surface area contributed by atoms with E-state index in [1.54, 1.807) is 12.3 Å². The van der Waals surface area contributed by atoms with Crippen molar-refractivity contribution >= 4 is 17.5 Å². The SMILES string of the molecule is O=C(NCCCN1CCOCC1)c1ccncc1Cl. The van der Waals surface area contributed by atoms with E-state index in [1.165, 1.54) is 6.20 Å². The highest BCUT2D eigenvalue weighted by atomic mass is 35.5. The minimum absolute atomic E-state index is 0.144. The fourth-order valence-corrected chi connectivity index (χ4v) is 2.19. The van der Waals surface area contributed by atoms with E-state index < -0.39 is 0 Å². The zero-order valence-electron chi connectivity index (χ0n) is 10.8. The van der Waals surface area contributed by atoms with Crippen LogP contribution in [0, 0.1) is 0 Å². The molecule has 0 atom stereocenters. The summed E-state index contributed by atoms with van der Waals surface area (Å²) in [5.74, 6) is -0.144. The fraction of sp³-hybridized carbons (Fsp3) is 0.538. The first kappa shape index (κ1) is 14.2. The van der Waals surface area contributed by atoms with E-state index in [0.717, 1.165) is 39.3 Å². The van der Waals surface area contributed by atoms with Gasteiger partial charge in [-0.25, -0.2) is 0 Å². The van der Waals surface area contributed by atoms with Crippen molar-refractivity contribution in [2.24, 2.45) is 0 Å². The predicted molar refractivity (Wildman–Crippen MR) is 73.5 cm³/mol. The van der Waals surface area contributed by atoms with Gasteiger partial charge in [0.15, 0.2) is 0 Å². The molecule has 1 aliphatic heterocycles. The van der Waals surface area contributed by atoms with Crippen LogP contribution in [0.1, 0.15) is 16.8 Å². The summed E-state index contributed by atoms with van der Waals surface area (Å²) in [6, 6.07) is 1.62. The maximum atomic E-state index is 11.9. The summed E-state index contributed by atoms with van der Waals surface area (Å²) in [7, 11) is 0. The van der Waals surface area contributed by atoms with Crippen molar-refractivity contribution in [2.45, 2.75) is 6.42 Å². The number of pyridine rings is 1. The molecule has 0 aromatic carbocycles. The summed E-state index contributed by atoms with van der Waals surface area (Å²) in [5.41, 5.74) is 0.475. The molecule has 1 amide bonds. The Balaban J connectivity index is 1.68. The molecule has 0 spiro atoms. The highest BCUT2D eigenvalue weighted by Gasteiger charge is 2.11. The number of amides is 1. The number of carbonyl (C=O) groups excluding carboxylic acids is 1. The molecule has 2 rings (SSSR count). The third-order valence-electron chi connectivity index (χ3n) is 3.06. The van der Waals surface area contributed by atoms with E-state index in [1.807, 2.05) is 0 Å². The fourth-order valence-electron chi connectivity index (χ4n) is 1.98. The molecule has 0 bridgehead atoms. The zero-order valence-corrected chi connectivity index (χ0v) is 11.5. The third-order valence-corrected chi connectivity index (χ3v) is 3.36. The molecule has 0 unspecified atom stereocenters. The molecule has 6 heteroatoms. The molecule has 1 fully saturated rings. The molecule has 5 nitrogen and oxygen atoms in total. The van der Waals surface area contributed by atoms with E-state index >= 15 is 0 Å². The number of halogens is 1. The number of nitrogens with one attached hydrogen (secondary N) is 1. The van der Waals surface area contributed by atoms with Gasteiger partial charge in [-0.1, -0.05) is 11.6 Å². The molecule has 1 aromatic rings. The first-order chi connectivity index (χ1) is 9.27. The van der Waals surface area contributed by atoms with Crippen LogP contribution in [-0.4, -0.2) is 55.2 Å². The van der Waals surface area contributed by atoms with Crippen LogP contribution in [-0.2, 0) is 4.74 Å². The van der Waals surface area contributed by atoms with Crippen molar-refractivity contribution in [3.63, 3.8) is 0 Å². The van der Waals surface area contributed by atoms with Gasteiger partial charge in [-0.3, -0.25) is 14.7 Å². The van der Waals surface area contributed by atoms with E-state index in [0.29, 0.717) is 17.1 Å². The first-order valence-corrected chi connectivity index (χ1v) is 6.83. The maximum absolute atomic E-state index is 11.9.